The van der Waals surface area contributed by atoms with Crippen LogP contribution in [0.5, 0.6) is 0 Å². The maximum Gasteiger partial charge on any atom is 0.267 e. The van der Waals surface area contributed by atoms with Crippen molar-refractivity contribution >= 4 is 5.91 Å². The van der Waals surface area contributed by atoms with Crippen LogP contribution in [0.1, 0.15) is 10.5 Å². The summed E-state index contributed by atoms with van der Waals surface area (Å²) in [7, 11) is 0. The Kier molecular flexibility index (Phi) is 1.66. The maximum atomic E-state index is 11.0. The summed E-state index contributed by atoms with van der Waals surface area (Å²) in [6, 6.07) is 5.58. The number of nitrogens with two attached hydrogens (primary N) is 1. The second-order valence-electron chi connectivity index (χ2n) is 2.69. The number of amides is 1. The van der Waals surface area contributed by atoms with E-state index in [2.05, 4.69) is 4.98 Å². The lowest BCUT2D eigenvalue weighted by molar-refractivity contribution is 0.0996. The van der Waals surface area contributed by atoms with Crippen LogP contribution in [0.25, 0.3) is 5.69 Å². The summed E-state index contributed by atoms with van der Waals surface area (Å²) in [6.45, 7) is 0. The van der Waals surface area contributed by atoms with Crippen LogP contribution in [0, 0.1) is 0 Å². The second kappa shape index (κ2) is 2.82. The molecule has 0 aromatic carbocycles. The predicted octanol–water partition coefficient (Wildman–Crippen LogP) is 0.904. The molecular formula is C9H9N3O. The molecule has 4 heteroatoms. The van der Waals surface area contributed by atoms with Crippen LogP contribution in [0.15, 0.2) is 36.8 Å². The molecule has 0 aliphatic rings. The number of nitrogens with one attached hydrogen (secondary N) is 1. The number of nitrogens with zero attached hydrogens (tertiary/aromatic N) is 1. The van der Waals surface area contributed by atoms with Crippen molar-refractivity contribution in [1.82, 2.24) is 9.55 Å². The number of hydrogen-bond donors (Lipinski definition) is 2. The second-order valence-corrected chi connectivity index (χ2v) is 2.69. The number of H-pyrrole nitrogens is 1. The van der Waals surface area contributed by atoms with E-state index in [4.69, 9.17) is 5.73 Å². The molecule has 0 aliphatic heterocycles. The maximum absolute atomic E-state index is 11.0. The van der Waals surface area contributed by atoms with Crippen LogP contribution in [0.4, 0.5) is 0 Å². The van der Waals surface area contributed by atoms with Gasteiger partial charge in [-0.15, -0.1) is 0 Å². The molecule has 0 atom stereocenters. The van der Waals surface area contributed by atoms with Gasteiger partial charge in [-0.2, -0.15) is 0 Å². The van der Waals surface area contributed by atoms with E-state index in [1.54, 1.807) is 12.3 Å². The normalized spacial score (nSPS) is 10.2. The lowest BCUT2D eigenvalue weighted by Gasteiger charge is -2.00. The first-order valence-corrected chi connectivity index (χ1v) is 3.89. The van der Waals surface area contributed by atoms with Crippen molar-refractivity contribution in [3.8, 4) is 5.69 Å². The number of carbonyl (C=O) groups excluding carboxylic acids is 1. The summed E-state index contributed by atoms with van der Waals surface area (Å²) in [5.74, 6) is -0.450. The van der Waals surface area contributed by atoms with Crippen molar-refractivity contribution in [2.75, 3.05) is 0 Å². The smallest absolute Gasteiger partial charge is 0.267 e. The largest absolute Gasteiger partial charge is 0.364 e. The Morgan fingerprint density at radius 1 is 1.38 bits per heavy atom. The molecule has 2 aromatic heterocycles. The van der Waals surface area contributed by atoms with Crippen LogP contribution in [-0.4, -0.2) is 15.5 Å². The summed E-state index contributed by atoms with van der Waals surface area (Å²) in [4.78, 5) is 13.8. The minimum absolute atomic E-state index is 0.427. The molecule has 2 aromatic rings. The molecule has 2 heterocycles. The monoisotopic (exact) mass is 175 g/mol. The summed E-state index contributed by atoms with van der Waals surface area (Å²) in [5.41, 5.74) is 6.38. The fraction of sp³-hybridized carbons (Fsp3) is 0. The number of rotatable bonds is 2. The van der Waals surface area contributed by atoms with Gasteiger partial charge in [-0.25, -0.2) is 0 Å². The van der Waals surface area contributed by atoms with Gasteiger partial charge in [0.2, 0.25) is 0 Å². The molecule has 0 saturated carbocycles. The molecule has 0 saturated heterocycles. The van der Waals surface area contributed by atoms with E-state index in [0.29, 0.717) is 5.69 Å². The van der Waals surface area contributed by atoms with E-state index in [-0.39, 0.29) is 0 Å². The molecule has 66 valence electrons. The Hall–Kier alpha value is -1.97. The van der Waals surface area contributed by atoms with Crippen molar-refractivity contribution in [2.45, 2.75) is 0 Å². The first kappa shape index (κ1) is 7.67. The third-order valence-electron chi connectivity index (χ3n) is 1.85. The van der Waals surface area contributed by atoms with Gasteiger partial charge in [0, 0.05) is 18.6 Å². The molecule has 0 unspecified atom stereocenters. The van der Waals surface area contributed by atoms with E-state index in [9.17, 15) is 4.79 Å². The molecule has 1 amide bonds. The summed E-state index contributed by atoms with van der Waals surface area (Å²) in [6.07, 6.45) is 5.40. The van der Waals surface area contributed by atoms with Crippen molar-refractivity contribution in [2.24, 2.45) is 5.73 Å². The number of hydrogen-bond acceptors (Lipinski definition) is 1. The zero-order chi connectivity index (χ0) is 9.26. The highest BCUT2D eigenvalue weighted by Crippen LogP contribution is 2.12. The van der Waals surface area contributed by atoms with Gasteiger partial charge in [-0.05, 0) is 18.2 Å². The van der Waals surface area contributed by atoms with Gasteiger partial charge in [-0.1, -0.05) is 0 Å². The number of aromatic nitrogens is 2. The highest BCUT2D eigenvalue weighted by molar-refractivity contribution is 5.94. The van der Waals surface area contributed by atoms with Gasteiger partial charge in [0.05, 0.1) is 5.69 Å². The van der Waals surface area contributed by atoms with Crippen molar-refractivity contribution in [3.05, 3.63) is 42.5 Å². The molecule has 2 rings (SSSR count). The van der Waals surface area contributed by atoms with Gasteiger partial charge in [0.15, 0.2) is 0 Å². The summed E-state index contributed by atoms with van der Waals surface area (Å²) < 4.78 is 1.83. The Bertz CT molecular complexity index is 414. The molecule has 3 N–H and O–H groups in total. The fourth-order valence-corrected chi connectivity index (χ4v) is 1.27. The lowest BCUT2D eigenvalue weighted by Crippen LogP contribution is -2.13. The third-order valence-corrected chi connectivity index (χ3v) is 1.85. The van der Waals surface area contributed by atoms with Crippen molar-refractivity contribution < 1.29 is 4.79 Å². The molecule has 0 aliphatic carbocycles. The molecule has 0 spiro atoms. The lowest BCUT2D eigenvalue weighted by atomic mass is 10.3. The first-order chi connectivity index (χ1) is 6.29. The van der Waals surface area contributed by atoms with E-state index in [0.717, 1.165) is 5.69 Å². The van der Waals surface area contributed by atoms with Gasteiger partial charge in [0.1, 0.15) is 5.69 Å². The average molecular weight is 175 g/mol. The molecule has 13 heavy (non-hydrogen) atoms. The first-order valence-electron chi connectivity index (χ1n) is 3.89. The van der Waals surface area contributed by atoms with Crippen LogP contribution in [-0.2, 0) is 0 Å². The van der Waals surface area contributed by atoms with E-state index in [1.165, 1.54) is 0 Å². The minimum Gasteiger partial charge on any atom is -0.364 e. The van der Waals surface area contributed by atoms with E-state index in [1.807, 2.05) is 29.1 Å². The van der Waals surface area contributed by atoms with E-state index >= 15 is 0 Å². The van der Waals surface area contributed by atoms with Gasteiger partial charge >= 0.3 is 0 Å². The Labute approximate surface area is 75.0 Å². The quantitative estimate of drug-likeness (QED) is 0.699. The summed E-state index contributed by atoms with van der Waals surface area (Å²) >= 11 is 0. The Morgan fingerprint density at radius 2 is 2.08 bits per heavy atom. The van der Waals surface area contributed by atoms with Gasteiger partial charge in [0.25, 0.3) is 5.91 Å². The van der Waals surface area contributed by atoms with Crippen molar-refractivity contribution in [3.63, 3.8) is 0 Å². The molecule has 4 nitrogen and oxygen atoms in total. The highest BCUT2D eigenvalue weighted by atomic mass is 16.1. The molecule has 0 radical (unpaired) electrons. The summed E-state index contributed by atoms with van der Waals surface area (Å²) in [5, 5.41) is 0. The van der Waals surface area contributed by atoms with Gasteiger partial charge in [-0.3, -0.25) is 4.79 Å². The Morgan fingerprint density at radius 3 is 2.69 bits per heavy atom. The number of aromatic amines is 1. The average Bonchev–Trinajstić information content (AvgIpc) is 2.74. The van der Waals surface area contributed by atoms with Gasteiger partial charge < -0.3 is 15.3 Å². The Balaban J connectivity index is 2.52. The zero-order valence-electron chi connectivity index (χ0n) is 6.90. The molecule has 0 bridgehead atoms. The number of carbonyl (C=O) groups is 1. The van der Waals surface area contributed by atoms with Crippen LogP contribution < -0.4 is 5.73 Å². The highest BCUT2D eigenvalue weighted by Gasteiger charge is 2.09. The molecular weight excluding hydrogens is 166 g/mol. The molecule has 0 fully saturated rings. The van der Waals surface area contributed by atoms with Crippen molar-refractivity contribution in [1.29, 1.82) is 0 Å². The van der Waals surface area contributed by atoms with Crippen LogP contribution >= 0.6 is 0 Å². The topological polar surface area (TPSA) is 63.8 Å². The fourth-order valence-electron chi connectivity index (χ4n) is 1.27. The van der Waals surface area contributed by atoms with Crippen LogP contribution in [0.2, 0.25) is 0 Å². The number of primary amides is 1. The zero-order valence-corrected chi connectivity index (χ0v) is 6.90. The van der Waals surface area contributed by atoms with Crippen LogP contribution in [0.3, 0.4) is 0 Å². The minimum atomic E-state index is -0.450. The standard InChI is InChI=1S/C9H9N3O/c10-9(13)8-7(3-4-11-8)12-5-1-2-6-12/h1-6,11H,(H2,10,13). The SMILES string of the molecule is NC(=O)c1[nH]ccc1-n1cccc1. The third kappa shape index (κ3) is 1.22. The predicted molar refractivity (Wildman–Crippen MR) is 48.6 cm³/mol. The van der Waals surface area contributed by atoms with E-state index < -0.39 is 5.91 Å².